The van der Waals surface area contributed by atoms with Gasteiger partial charge in [0.1, 0.15) is 0 Å². The molecule has 0 atom stereocenters. The number of anilines is 2. The second-order valence-corrected chi connectivity index (χ2v) is 7.66. The Bertz CT molecular complexity index is 976. The summed E-state index contributed by atoms with van der Waals surface area (Å²) in [6.07, 6.45) is -0.274. The number of ketones is 1. The molecule has 0 aromatic heterocycles. The molecule has 7 nitrogen and oxygen atoms in total. The molecular weight excluding hydrogens is 476 g/mol. The van der Waals surface area contributed by atoms with E-state index in [1.807, 2.05) is 0 Å². The average molecular weight is 496 g/mol. The largest absolute Gasteiger partial charge is 0.456 e. The van der Waals surface area contributed by atoms with Crippen molar-refractivity contribution in [2.45, 2.75) is 26.7 Å². The second-order valence-electron chi connectivity index (χ2n) is 6.42. The highest BCUT2D eigenvalue weighted by atomic mass is 79.9. The highest BCUT2D eigenvalue weighted by molar-refractivity contribution is 9.10. The van der Waals surface area contributed by atoms with Crippen LogP contribution < -0.4 is 10.6 Å². The van der Waals surface area contributed by atoms with E-state index in [1.54, 1.807) is 43.3 Å². The Balaban J connectivity index is 1.74. The van der Waals surface area contributed by atoms with Crippen molar-refractivity contribution in [2.75, 3.05) is 17.2 Å². The van der Waals surface area contributed by atoms with Gasteiger partial charge in [0.05, 0.1) is 11.4 Å². The number of carbonyl (C=O) groups is 4. The standard InChI is InChI=1S/C21H20BrClN2O5/c1-12-17(8-7-16(22)21(12)23)25-19(28)11-30-20(29)10-9-18(27)24-15-5-3-14(4-6-15)13(2)26/h3-8H,9-11H2,1-2H3,(H,24,27)(H,25,28). The van der Waals surface area contributed by atoms with Crippen molar-refractivity contribution in [3.8, 4) is 0 Å². The molecule has 0 unspecified atom stereocenters. The van der Waals surface area contributed by atoms with E-state index >= 15 is 0 Å². The Hall–Kier alpha value is -2.71. The molecule has 0 heterocycles. The molecule has 0 bridgehead atoms. The van der Waals surface area contributed by atoms with Gasteiger partial charge in [-0.05, 0) is 71.7 Å². The fourth-order valence-electron chi connectivity index (χ4n) is 2.42. The summed E-state index contributed by atoms with van der Waals surface area (Å²) in [5, 5.41) is 5.72. The maximum Gasteiger partial charge on any atom is 0.306 e. The third-order valence-electron chi connectivity index (χ3n) is 4.11. The molecule has 0 fully saturated rings. The van der Waals surface area contributed by atoms with Crippen LogP contribution in [-0.2, 0) is 19.1 Å². The van der Waals surface area contributed by atoms with Gasteiger partial charge in [-0.1, -0.05) is 11.6 Å². The van der Waals surface area contributed by atoms with E-state index < -0.39 is 18.5 Å². The molecule has 0 radical (unpaired) electrons. The Morgan fingerprint density at radius 1 is 0.967 bits per heavy atom. The zero-order valence-corrected chi connectivity index (χ0v) is 18.7. The molecule has 0 spiro atoms. The molecule has 2 aromatic rings. The number of hydrogen-bond donors (Lipinski definition) is 2. The monoisotopic (exact) mass is 494 g/mol. The Morgan fingerprint density at radius 3 is 2.27 bits per heavy atom. The molecule has 0 saturated carbocycles. The summed E-state index contributed by atoms with van der Waals surface area (Å²) in [6, 6.07) is 9.79. The van der Waals surface area contributed by atoms with Crippen LogP contribution in [0.2, 0.25) is 5.02 Å². The summed E-state index contributed by atoms with van der Waals surface area (Å²) >= 11 is 9.40. The number of amides is 2. The summed E-state index contributed by atoms with van der Waals surface area (Å²) < 4.78 is 5.61. The summed E-state index contributed by atoms with van der Waals surface area (Å²) in [5.41, 5.74) is 2.25. The summed E-state index contributed by atoms with van der Waals surface area (Å²) in [4.78, 5) is 46.9. The van der Waals surface area contributed by atoms with Crippen molar-refractivity contribution in [1.29, 1.82) is 0 Å². The van der Waals surface area contributed by atoms with Crippen LogP contribution in [0, 0.1) is 6.92 Å². The second kappa shape index (κ2) is 10.9. The smallest absolute Gasteiger partial charge is 0.306 e. The molecule has 2 amide bonds. The maximum absolute atomic E-state index is 12.0. The van der Waals surface area contributed by atoms with Crippen LogP contribution in [0.1, 0.15) is 35.7 Å². The van der Waals surface area contributed by atoms with Gasteiger partial charge in [0.15, 0.2) is 12.4 Å². The zero-order chi connectivity index (χ0) is 22.3. The number of hydrogen-bond acceptors (Lipinski definition) is 5. The molecular formula is C21H20BrClN2O5. The van der Waals surface area contributed by atoms with Gasteiger partial charge in [0.25, 0.3) is 5.91 Å². The van der Waals surface area contributed by atoms with Gasteiger partial charge in [0.2, 0.25) is 5.91 Å². The number of rotatable bonds is 8. The Kier molecular flexibility index (Phi) is 8.56. The van der Waals surface area contributed by atoms with Crippen LogP contribution in [0.3, 0.4) is 0 Å². The third-order valence-corrected chi connectivity index (χ3v) is 5.49. The quantitative estimate of drug-likeness (QED) is 0.414. The number of nitrogens with one attached hydrogen (secondary N) is 2. The molecule has 2 rings (SSSR count). The van der Waals surface area contributed by atoms with E-state index in [2.05, 4.69) is 26.6 Å². The molecule has 0 saturated heterocycles. The van der Waals surface area contributed by atoms with E-state index in [1.165, 1.54) is 6.92 Å². The van der Waals surface area contributed by atoms with Gasteiger partial charge in [-0.25, -0.2) is 0 Å². The summed E-state index contributed by atoms with van der Waals surface area (Å²) in [5.74, 6) is -1.64. The molecule has 0 aliphatic heterocycles. The Morgan fingerprint density at radius 2 is 1.63 bits per heavy atom. The lowest BCUT2D eigenvalue weighted by molar-refractivity contribution is -0.147. The van der Waals surface area contributed by atoms with E-state index in [9.17, 15) is 19.2 Å². The fraction of sp³-hybridized carbons (Fsp3) is 0.238. The van der Waals surface area contributed by atoms with Crippen molar-refractivity contribution in [3.05, 3.63) is 57.0 Å². The van der Waals surface area contributed by atoms with Crippen LogP contribution in [0.5, 0.6) is 0 Å². The summed E-state index contributed by atoms with van der Waals surface area (Å²) in [6.45, 7) is 2.73. The molecule has 9 heteroatoms. The van der Waals surface area contributed by atoms with Crippen LogP contribution >= 0.6 is 27.5 Å². The molecule has 30 heavy (non-hydrogen) atoms. The van der Waals surface area contributed by atoms with Crippen molar-refractivity contribution in [1.82, 2.24) is 0 Å². The van der Waals surface area contributed by atoms with Gasteiger partial charge in [0, 0.05) is 27.8 Å². The highest BCUT2D eigenvalue weighted by Gasteiger charge is 2.13. The van der Waals surface area contributed by atoms with Crippen molar-refractivity contribution >= 4 is 62.5 Å². The van der Waals surface area contributed by atoms with Gasteiger partial charge >= 0.3 is 5.97 Å². The average Bonchev–Trinajstić information content (AvgIpc) is 2.71. The van der Waals surface area contributed by atoms with E-state index in [0.29, 0.717) is 32.0 Å². The van der Waals surface area contributed by atoms with Crippen LogP contribution in [0.15, 0.2) is 40.9 Å². The number of esters is 1. The number of halogens is 2. The van der Waals surface area contributed by atoms with Crippen LogP contribution in [0.25, 0.3) is 0 Å². The van der Waals surface area contributed by atoms with E-state index in [-0.39, 0.29) is 24.5 Å². The minimum absolute atomic E-state index is 0.0712. The third kappa shape index (κ3) is 6.96. The predicted octanol–water partition coefficient (Wildman–Crippen LogP) is 4.51. The SMILES string of the molecule is CC(=O)c1ccc(NC(=O)CCC(=O)OCC(=O)Nc2ccc(Br)c(Cl)c2C)cc1. The molecule has 0 aliphatic carbocycles. The first kappa shape index (κ1) is 23.6. The maximum atomic E-state index is 12.0. The first-order valence-electron chi connectivity index (χ1n) is 8.98. The molecule has 2 N–H and O–H groups in total. The topological polar surface area (TPSA) is 102 Å². The lowest BCUT2D eigenvalue weighted by atomic mass is 10.1. The van der Waals surface area contributed by atoms with Crippen LogP contribution in [0.4, 0.5) is 11.4 Å². The van der Waals surface area contributed by atoms with E-state index in [4.69, 9.17) is 16.3 Å². The minimum atomic E-state index is -0.669. The van der Waals surface area contributed by atoms with Gasteiger partial charge in [-0.15, -0.1) is 0 Å². The van der Waals surface area contributed by atoms with Crippen molar-refractivity contribution < 1.29 is 23.9 Å². The predicted molar refractivity (Wildman–Crippen MR) is 118 cm³/mol. The van der Waals surface area contributed by atoms with E-state index in [0.717, 1.165) is 0 Å². The zero-order valence-electron chi connectivity index (χ0n) is 16.4. The number of carbonyl (C=O) groups excluding carboxylic acids is 4. The lowest BCUT2D eigenvalue weighted by Gasteiger charge is -2.11. The number of ether oxygens (including phenoxy) is 1. The highest BCUT2D eigenvalue weighted by Crippen LogP contribution is 2.30. The summed E-state index contributed by atoms with van der Waals surface area (Å²) in [7, 11) is 0. The molecule has 158 valence electrons. The first-order chi connectivity index (χ1) is 14.2. The van der Waals surface area contributed by atoms with Gasteiger partial charge in [-0.2, -0.15) is 0 Å². The normalized spacial score (nSPS) is 10.3. The Labute approximate surface area is 187 Å². The van der Waals surface area contributed by atoms with Crippen molar-refractivity contribution in [3.63, 3.8) is 0 Å². The lowest BCUT2D eigenvalue weighted by Crippen LogP contribution is -2.22. The van der Waals surface area contributed by atoms with Gasteiger partial charge in [-0.3, -0.25) is 19.2 Å². The molecule has 2 aromatic carbocycles. The van der Waals surface area contributed by atoms with Crippen LogP contribution in [-0.4, -0.2) is 30.2 Å². The fourth-order valence-corrected chi connectivity index (χ4v) is 3.01. The first-order valence-corrected chi connectivity index (χ1v) is 10.2. The van der Waals surface area contributed by atoms with Crippen molar-refractivity contribution in [2.24, 2.45) is 0 Å². The van der Waals surface area contributed by atoms with Gasteiger partial charge < -0.3 is 15.4 Å². The number of benzene rings is 2. The molecule has 0 aliphatic rings. The number of Topliss-reactive ketones (excluding diaryl/α,β-unsaturated/α-hetero) is 1. The minimum Gasteiger partial charge on any atom is -0.456 e.